The molecular formula is C14H24N2S. The minimum Gasteiger partial charge on any atom is -0.308 e. The fourth-order valence-corrected chi connectivity index (χ4v) is 3.94. The first-order valence-corrected chi connectivity index (χ1v) is 7.56. The highest BCUT2D eigenvalue weighted by molar-refractivity contribution is 7.11. The van der Waals surface area contributed by atoms with Crippen LogP contribution in [0.3, 0.4) is 0 Å². The van der Waals surface area contributed by atoms with Gasteiger partial charge < -0.3 is 5.32 Å². The molecule has 1 aromatic rings. The topological polar surface area (TPSA) is 24.9 Å². The molecule has 0 amide bonds. The van der Waals surface area contributed by atoms with Gasteiger partial charge in [-0.15, -0.1) is 11.3 Å². The molecule has 1 aliphatic rings. The molecule has 2 rings (SSSR count). The van der Waals surface area contributed by atoms with Gasteiger partial charge in [-0.3, -0.25) is 0 Å². The van der Waals surface area contributed by atoms with E-state index in [1.807, 2.05) is 11.3 Å². The van der Waals surface area contributed by atoms with Gasteiger partial charge >= 0.3 is 0 Å². The summed E-state index contributed by atoms with van der Waals surface area (Å²) in [7, 11) is 0. The highest BCUT2D eigenvalue weighted by Gasteiger charge is 2.29. The van der Waals surface area contributed by atoms with Crippen molar-refractivity contribution in [3.8, 4) is 0 Å². The van der Waals surface area contributed by atoms with E-state index >= 15 is 0 Å². The van der Waals surface area contributed by atoms with E-state index < -0.39 is 0 Å². The number of nitrogens with zero attached hydrogens (tertiary/aromatic N) is 1. The van der Waals surface area contributed by atoms with Crippen LogP contribution in [-0.4, -0.2) is 11.5 Å². The Hall–Kier alpha value is -0.410. The van der Waals surface area contributed by atoms with Crippen molar-refractivity contribution in [1.82, 2.24) is 10.3 Å². The molecule has 1 atom stereocenters. The Balaban J connectivity index is 2.27. The van der Waals surface area contributed by atoms with Gasteiger partial charge in [0.15, 0.2) is 0 Å². The van der Waals surface area contributed by atoms with Crippen LogP contribution in [0.2, 0.25) is 0 Å². The van der Waals surface area contributed by atoms with Crippen molar-refractivity contribution in [1.29, 1.82) is 0 Å². The number of hydrogen-bond donors (Lipinski definition) is 1. The van der Waals surface area contributed by atoms with Crippen LogP contribution < -0.4 is 5.32 Å². The van der Waals surface area contributed by atoms with Crippen molar-refractivity contribution in [3.05, 3.63) is 15.6 Å². The van der Waals surface area contributed by atoms with Crippen molar-refractivity contribution in [3.63, 3.8) is 0 Å². The van der Waals surface area contributed by atoms with Crippen LogP contribution in [0, 0.1) is 5.41 Å². The molecule has 1 heterocycles. The number of aromatic nitrogens is 1. The summed E-state index contributed by atoms with van der Waals surface area (Å²) >= 11 is 1.94. The fraction of sp³-hybridized carbons (Fsp3) is 0.786. The van der Waals surface area contributed by atoms with Crippen molar-refractivity contribution in [2.45, 2.75) is 59.4 Å². The van der Waals surface area contributed by atoms with Gasteiger partial charge in [0.25, 0.3) is 0 Å². The molecule has 0 saturated heterocycles. The van der Waals surface area contributed by atoms with E-state index in [1.54, 1.807) is 4.88 Å². The van der Waals surface area contributed by atoms with Crippen molar-refractivity contribution in [2.75, 3.05) is 6.54 Å². The third kappa shape index (κ3) is 2.89. The van der Waals surface area contributed by atoms with Crippen LogP contribution >= 0.6 is 11.3 Å². The second-order valence-corrected chi connectivity index (χ2v) is 7.10. The van der Waals surface area contributed by atoms with Gasteiger partial charge in [0.2, 0.25) is 0 Å². The second kappa shape index (κ2) is 5.07. The SMILES string of the molecule is CCNC(c1nc2c(s1)CCCC2)C(C)(C)C. The van der Waals surface area contributed by atoms with E-state index in [9.17, 15) is 0 Å². The van der Waals surface area contributed by atoms with Crippen LogP contribution in [0.5, 0.6) is 0 Å². The Labute approximate surface area is 109 Å². The van der Waals surface area contributed by atoms with Gasteiger partial charge in [-0.05, 0) is 37.6 Å². The molecule has 0 bridgehead atoms. The molecule has 1 N–H and O–H groups in total. The summed E-state index contributed by atoms with van der Waals surface area (Å²) in [5.41, 5.74) is 1.61. The number of fused-ring (bicyclic) bond motifs is 1. The maximum Gasteiger partial charge on any atom is 0.111 e. The van der Waals surface area contributed by atoms with E-state index in [-0.39, 0.29) is 5.41 Å². The summed E-state index contributed by atoms with van der Waals surface area (Å²) in [5, 5.41) is 4.89. The maximum atomic E-state index is 4.89. The molecular weight excluding hydrogens is 228 g/mol. The van der Waals surface area contributed by atoms with Crippen molar-refractivity contribution >= 4 is 11.3 Å². The Morgan fingerprint density at radius 1 is 1.29 bits per heavy atom. The van der Waals surface area contributed by atoms with Crippen LogP contribution in [0.1, 0.15) is 62.2 Å². The third-order valence-corrected chi connectivity index (χ3v) is 4.61. The molecule has 1 aromatic heterocycles. The monoisotopic (exact) mass is 252 g/mol. The van der Waals surface area contributed by atoms with E-state index in [1.165, 1.54) is 36.4 Å². The Morgan fingerprint density at radius 2 is 2.00 bits per heavy atom. The Kier molecular flexibility index (Phi) is 3.88. The summed E-state index contributed by atoms with van der Waals surface area (Å²) < 4.78 is 0. The summed E-state index contributed by atoms with van der Waals surface area (Å²) in [6.07, 6.45) is 5.10. The summed E-state index contributed by atoms with van der Waals surface area (Å²) in [5.74, 6) is 0. The number of aryl methyl sites for hydroxylation is 2. The first-order chi connectivity index (χ1) is 8.02. The predicted molar refractivity (Wildman–Crippen MR) is 74.6 cm³/mol. The maximum absolute atomic E-state index is 4.89. The second-order valence-electron chi connectivity index (χ2n) is 5.99. The third-order valence-electron chi connectivity index (χ3n) is 3.38. The van der Waals surface area contributed by atoms with Crippen molar-refractivity contribution in [2.24, 2.45) is 5.41 Å². The highest BCUT2D eigenvalue weighted by atomic mass is 32.1. The van der Waals surface area contributed by atoms with Crippen molar-refractivity contribution < 1.29 is 0 Å². The van der Waals surface area contributed by atoms with Crippen LogP contribution in [-0.2, 0) is 12.8 Å². The minimum absolute atomic E-state index is 0.233. The zero-order chi connectivity index (χ0) is 12.5. The van der Waals surface area contributed by atoms with Gasteiger partial charge in [-0.25, -0.2) is 4.98 Å². The largest absolute Gasteiger partial charge is 0.308 e. The first-order valence-electron chi connectivity index (χ1n) is 6.74. The first kappa shape index (κ1) is 13.0. The molecule has 1 unspecified atom stereocenters. The van der Waals surface area contributed by atoms with Crippen LogP contribution in [0.25, 0.3) is 0 Å². The summed E-state index contributed by atoms with van der Waals surface area (Å²) in [4.78, 5) is 6.43. The number of rotatable bonds is 3. The Bertz CT molecular complexity index is 353. The van der Waals surface area contributed by atoms with Gasteiger partial charge in [0.05, 0.1) is 11.7 Å². The summed E-state index contributed by atoms with van der Waals surface area (Å²) in [6.45, 7) is 10.1. The number of nitrogens with one attached hydrogen (secondary N) is 1. The zero-order valence-electron chi connectivity index (χ0n) is 11.5. The molecule has 0 fully saturated rings. The molecule has 2 nitrogen and oxygen atoms in total. The number of thiazole rings is 1. The molecule has 0 spiro atoms. The van der Waals surface area contributed by atoms with Gasteiger partial charge in [-0.1, -0.05) is 27.7 Å². The smallest absolute Gasteiger partial charge is 0.111 e. The molecule has 0 aromatic carbocycles. The molecule has 0 radical (unpaired) electrons. The van der Waals surface area contributed by atoms with Gasteiger partial charge in [-0.2, -0.15) is 0 Å². The molecule has 3 heteroatoms. The van der Waals surface area contributed by atoms with E-state index in [0.29, 0.717) is 6.04 Å². The van der Waals surface area contributed by atoms with Crippen LogP contribution in [0.4, 0.5) is 0 Å². The number of hydrogen-bond acceptors (Lipinski definition) is 3. The van der Waals surface area contributed by atoms with Gasteiger partial charge in [0, 0.05) is 4.88 Å². The lowest BCUT2D eigenvalue weighted by Gasteiger charge is -2.29. The molecule has 17 heavy (non-hydrogen) atoms. The highest BCUT2D eigenvalue weighted by Crippen LogP contribution is 2.37. The summed E-state index contributed by atoms with van der Waals surface area (Å²) in [6, 6.07) is 0.392. The normalized spacial score (nSPS) is 17.9. The molecule has 0 aliphatic heterocycles. The lowest BCUT2D eigenvalue weighted by molar-refractivity contribution is 0.276. The van der Waals surface area contributed by atoms with Crippen LogP contribution in [0.15, 0.2) is 0 Å². The van der Waals surface area contributed by atoms with E-state index in [0.717, 1.165) is 6.54 Å². The molecule has 0 saturated carbocycles. The average Bonchev–Trinajstić information content (AvgIpc) is 2.67. The lowest BCUT2D eigenvalue weighted by Crippen LogP contribution is -2.32. The van der Waals surface area contributed by atoms with E-state index in [4.69, 9.17) is 4.98 Å². The zero-order valence-corrected chi connectivity index (χ0v) is 12.3. The Morgan fingerprint density at radius 3 is 2.59 bits per heavy atom. The molecule has 1 aliphatic carbocycles. The average molecular weight is 252 g/mol. The minimum atomic E-state index is 0.233. The van der Waals surface area contributed by atoms with E-state index in [2.05, 4.69) is 33.0 Å². The standard InChI is InChI=1S/C14H24N2S/c1-5-15-12(14(2,3)4)13-16-10-8-6-7-9-11(10)17-13/h12,15H,5-9H2,1-4H3. The lowest BCUT2D eigenvalue weighted by atomic mass is 9.87. The van der Waals surface area contributed by atoms with Gasteiger partial charge in [0.1, 0.15) is 5.01 Å². The fourth-order valence-electron chi connectivity index (χ4n) is 2.46. The molecule has 96 valence electrons. The predicted octanol–water partition coefficient (Wildman–Crippen LogP) is 3.72. The quantitative estimate of drug-likeness (QED) is 0.887.